The molecular weight excluding hydrogens is 336 g/mol. The number of aryl methyl sites for hydroxylation is 2. The number of halogens is 1. The second-order valence-corrected chi connectivity index (χ2v) is 7.03. The third kappa shape index (κ3) is 4.31. The smallest absolute Gasteiger partial charge is 0.193 e. The molecule has 1 aliphatic heterocycles. The van der Waals surface area contributed by atoms with Gasteiger partial charge < -0.3 is 14.8 Å². The van der Waals surface area contributed by atoms with Gasteiger partial charge >= 0.3 is 0 Å². The van der Waals surface area contributed by atoms with Gasteiger partial charge in [0.1, 0.15) is 11.6 Å². The van der Waals surface area contributed by atoms with Gasteiger partial charge in [-0.2, -0.15) is 0 Å². The van der Waals surface area contributed by atoms with Crippen LogP contribution in [0, 0.1) is 12.8 Å². The van der Waals surface area contributed by atoms with Crippen molar-refractivity contribution in [1.29, 1.82) is 0 Å². The number of rotatable bonds is 4. The minimum Gasteiger partial charge on any atom is -0.356 e. The van der Waals surface area contributed by atoms with Crippen molar-refractivity contribution in [2.75, 3.05) is 20.6 Å². The lowest BCUT2D eigenvalue weighted by molar-refractivity contribution is 0.352. The molecule has 0 saturated heterocycles. The quantitative estimate of drug-likeness (QED) is 0.672. The highest BCUT2D eigenvalue weighted by Crippen LogP contribution is 2.19. The van der Waals surface area contributed by atoms with E-state index in [-0.39, 0.29) is 0 Å². The van der Waals surface area contributed by atoms with Crippen molar-refractivity contribution in [2.45, 2.75) is 32.9 Å². The fraction of sp³-hybridized carbons (Fsp3) is 0.500. The first-order valence-corrected chi connectivity index (χ1v) is 8.99. The van der Waals surface area contributed by atoms with E-state index < -0.39 is 0 Å². The molecule has 1 N–H and O–H groups in total. The molecular formula is C18H25ClN6. The van der Waals surface area contributed by atoms with Crippen LogP contribution in [0.3, 0.4) is 0 Å². The van der Waals surface area contributed by atoms with Crippen LogP contribution in [0.15, 0.2) is 29.3 Å². The van der Waals surface area contributed by atoms with Crippen LogP contribution in [0.5, 0.6) is 0 Å². The molecule has 1 aliphatic rings. The van der Waals surface area contributed by atoms with Gasteiger partial charge in [0, 0.05) is 45.2 Å². The largest absolute Gasteiger partial charge is 0.356 e. The summed E-state index contributed by atoms with van der Waals surface area (Å²) in [5.74, 6) is 3.56. The molecule has 0 amide bonds. The minimum absolute atomic E-state index is 0.554. The van der Waals surface area contributed by atoms with E-state index in [1.807, 2.05) is 39.2 Å². The van der Waals surface area contributed by atoms with Crippen molar-refractivity contribution in [3.63, 3.8) is 0 Å². The molecule has 1 atom stereocenters. The summed E-state index contributed by atoms with van der Waals surface area (Å²) in [4.78, 5) is 6.52. The van der Waals surface area contributed by atoms with Crippen molar-refractivity contribution in [2.24, 2.45) is 10.9 Å². The van der Waals surface area contributed by atoms with E-state index >= 15 is 0 Å². The van der Waals surface area contributed by atoms with Crippen molar-refractivity contribution in [1.82, 2.24) is 25.0 Å². The highest BCUT2D eigenvalue weighted by atomic mass is 35.5. The Bertz CT molecular complexity index is 754. The number of hydrogen-bond acceptors (Lipinski definition) is 3. The van der Waals surface area contributed by atoms with Crippen LogP contribution in [-0.2, 0) is 19.5 Å². The van der Waals surface area contributed by atoms with Crippen molar-refractivity contribution in [3.05, 3.63) is 46.5 Å². The molecule has 0 bridgehead atoms. The highest BCUT2D eigenvalue weighted by Gasteiger charge is 2.22. The molecule has 2 aromatic rings. The predicted octanol–water partition coefficient (Wildman–Crippen LogP) is 2.51. The lowest BCUT2D eigenvalue weighted by Crippen LogP contribution is -2.42. The molecule has 1 unspecified atom stereocenters. The number of guanidine groups is 1. The van der Waals surface area contributed by atoms with Crippen molar-refractivity contribution in [3.8, 4) is 0 Å². The van der Waals surface area contributed by atoms with Crippen LogP contribution in [0.25, 0.3) is 0 Å². The molecule has 25 heavy (non-hydrogen) atoms. The minimum atomic E-state index is 0.554. The van der Waals surface area contributed by atoms with Gasteiger partial charge in [0.05, 0.1) is 0 Å². The number of benzene rings is 1. The number of hydrogen-bond donors (Lipinski definition) is 1. The van der Waals surface area contributed by atoms with E-state index in [0.29, 0.717) is 5.92 Å². The summed E-state index contributed by atoms with van der Waals surface area (Å²) in [5, 5.41) is 12.7. The summed E-state index contributed by atoms with van der Waals surface area (Å²) in [5.41, 5.74) is 1.17. The maximum atomic E-state index is 6.07. The van der Waals surface area contributed by atoms with Crippen LogP contribution >= 0.6 is 11.6 Å². The number of nitrogens with zero attached hydrogens (tertiary/aromatic N) is 5. The predicted molar refractivity (Wildman–Crippen MR) is 101 cm³/mol. The Labute approximate surface area is 153 Å². The topological polar surface area (TPSA) is 58.3 Å². The Balaban J connectivity index is 1.55. The molecule has 0 fully saturated rings. The summed E-state index contributed by atoms with van der Waals surface area (Å²) >= 11 is 6.07. The lowest BCUT2D eigenvalue weighted by Gasteiger charge is -2.27. The maximum Gasteiger partial charge on any atom is 0.193 e. The van der Waals surface area contributed by atoms with Crippen molar-refractivity contribution >= 4 is 17.6 Å². The summed E-state index contributed by atoms with van der Waals surface area (Å²) in [6.07, 6.45) is 2.12. The zero-order chi connectivity index (χ0) is 17.8. The monoisotopic (exact) mass is 360 g/mol. The average molecular weight is 361 g/mol. The molecule has 0 aliphatic carbocycles. The second kappa shape index (κ2) is 7.87. The third-order valence-corrected chi connectivity index (χ3v) is 4.90. The van der Waals surface area contributed by atoms with Crippen LogP contribution in [0.1, 0.15) is 23.6 Å². The van der Waals surface area contributed by atoms with Crippen LogP contribution < -0.4 is 5.32 Å². The molecule has 3 rings (SSSR count). The van der Waals surface area contributed by atoms with Gasteiger partial charge in [-0.05, 0) is 37.0 Å². The molecule has 0 radical (unpaired) electrons. The Kier molecular flexibility index (Phi) is 5.58. The Morgan fingerprint density at radius 3 is 3.04 bits per heavy atom. The standard InChI is InChI=1S/C18H25ClN6/c1-13-22-23-17-8-7-15(12-25(13)17)10-21-18(20-2)24(3)11-14-5-4-6-16(19)9-14/h4-6,9,15H,7-8,10-12H2,1-3H3,(H,20,21). The summed E-state index contributed by atoms with van der Waals surface area (Å²) < 4.78 is 2.23. The van der Waals surface area contributed by atoms with Crippen LogP contribution in [0.2, 0.25) is 5.02 Å². The molecule has 6 nitrogen and oxygen atoms in total. The Hall–Kier alpha value is -2.08. The fourth-order valence-corrected chi connectivity index (χ4v) is 3.51. The lowest BCUT2D eigenvalue weighted by atomic mass is 9.99. The summed E-state index contributed by atoms with van der Waals surface area (Å²) in [7, 11) is 3.86. The zero-order valence-electron chi connectivity index (χ0n) is 15.0. The molecule has 2 heterocycles. The summed E-state index contributed by atoms with van der Waals surface area (Å²) in [6.45, 7) is 4.64. The summed E-state index contributed by atoms with van der Waals surface area (Å²) in [6, 6.07) is 7.93. The number of nitrogens with one attached hydrogen (secondary N) is 1. The van der Waals surface area contributed by atoms with Gasteiger partial charge in [-0.3, -0.25) is 4.99 Å². The van der Waals surface area contributed by atoms with Gasteiger partial charge in [-0.25, -0.2) is 0 Å². The SMILES string of the molecule is CN=C(NCC1CCc2nnc(C)n2C1)N(C)Cc1cccc(Cl)c1. The fourth-order valence-electron chi connectivity index (χ4n) is 3.30. The van der Waals surface area contributed by atoms with Gasteiger partial charge in [0.2, 0.25) is 0 Å². The molecule has 134 valence electrons. The molecule has 0 spiro atoms. The average Bonchev–Trinajstić information content (AvgIpc) is 2.96. The van der Waals surface area contributed by atoms with E-state index in [9.17, 15) is 0 Å². The molecule has 1 aromatic heterocycles. The first-order valence-electron chi connectivity index (χ1n) is 8.61. The van der Waals surface area contributed by atoms with Gasteiger partial charge in [0.15, 0.2) is 5.96 Å². The van der Waals surface area contributed by atoms with Crippen LogP contribution in [-0.4, -0.2) is 46.3 Å². The third-order valence-electron chi connectivity index (χ3n) is 4.66. The van der Waals surface area contributed by atoms with Gasteiger partial charge in [-0.15, -0.1) is 10.2 Å². The normalized spacial score (nSPS) is 17.3. The highest BCUT2D eigenvalue weighted by molar-refractivity contribution is 6.30. The Morgan fingerprint density at radius 1 is 1.44 bits per heavy atom. The van der Waals surface area contributed by atoms with E-state index in [4.69, 9.17) is 11.6 Å². The van der Waals surface area contributed by atoms with Crippen LogP contribution in [0.4, 0.5) is 0 Å². The van der Waals surface area contributed by atoms with Crippen molar-refractivity contribution < 1.29 is 0 Å². The first-order chi connectivity index (χ1) is 12.1. The zero-order valence-corrected chi connectivity index (χ0v) is 15.8. The Morgan fingerprint density at radius 2 is 2.28 bits per heavy atom. The number of aliphatic imine (C=N–C) groups is 1. The first kappa shape index (κ1) is 17.7. The van der Waals surface area contributed by atoms with E-state index in [1.165, 1.54) is 5.56 Å². The van der Waals surface area contributed by atoms with E-state index in [0.717, 1.165) is 55.1 Å². The molecule has 7 heteroatoms. The number of aromatic nitrogens is 3. The van der Waals surface area contributed by atoms with Gasteiger partial charge in [-0.1, -0.05) is 23.7 Å². The second-order valence-electron chi connectivity index (χ2n) is 6.59. The molecule has 1 aromatic carbocycles. The maximum absolute atomic E-state index is 6.07. The van der Waals surface area contributed by atoms with E-state index in [2.05, 4.69) is 36.0 Å². The van der Waals surface area contributed by atoms with E-state index in [1.54, 1.807) is 0 Å². The number of fused-ring (bicyclic) bond motifs is 1. The van der Waals surface area contributed by atoms with Gasteiger partial charge in [0.25, 0.3) is 0 Å². The molecule has 0 saturated carbocycles.